The van der Waals surface area contributed by atoms with Gasteiger partial charge in [0.2, 0.25) is 5.91 Å². The van der Waals surface area contributed by atoms with Crippen LogP contribution in [0.1, 0.15) is 39.5 Å². The lowest BCUT2D eigenvalue weighted by molar-refractivity contribution is -0.118. The first kappa shape index (κ1) is 15.7. The van der Waals surface area contributed by atoms with Crippen LogP contribution in [-0.4, -0.2) is 18.6 Å². The van der Waals surface area contributed by atoms with Crippen molar-refractivity contribution in [1.82, 2.24) is 0 Å². The predicted octanol–water partition coefficient (Wildman–Crippen LogP) is 3.18. The van der Waals surface area contributed by atoms with Gasteiger partial charge in [-0.2, -0.15) is 0 Å². The van der Waals surface area contributed by atoms with E-state index in [9.17, 15) is 4.79 Å². The number of anilines is 1. The zero-order valence-corrected chi connectivity index (χ0v) is 13.0. The van der Waals surface area contributed by atoms with Gasteiger partial charge in [0.25, 0.3) is 0 Å². The Labute approximate surface area is 127 Å². The molecule has 0 spiro atoms. The van der Waals surface area contributed by atoms with Crippen LogP contribution in [0.5, 0.6) is 5.75 Å². The molecule has 4 heteroatoms. The molecule has 1 amide bonds. The minimum atomic E-state index is -0.338. The summed E-state index contributed by atoms with van der Waals surface area (Å²) in [5.41, 5.74) is 6.15. The van der Waals surface area contributed by atoms with Crippen LogP contribution in [0.2, 0.25) is 0 Å². The molecule has 1 aliphatic carbocycles. The van der Waals surface area contributed by atoms with Gasteiger partial charge in [-0.15, -0.1) is 0 Å². The van der Waals surface area contributed by atoms with E-state index in [1.807, 2.05) is 24.3 Å². The third-order valence-corrected chi connectivity index (χ3v) is 4.36. The van der Waals surface area contributed by atoms with Gasteiger partial charge in [-0.3, -0.25) is 4.79 Å². The number of amides is 1. The number of para-hydroxylation sites is 2. The fourth-order valence-corrected chi connectivity index (χ4v) is 3.12. The summed E-state index contributed by atoms with van der Waals surface area (Å²) in [5.74, 6) is 1.78. The van der Waals surface area contributed by atoms with Gasteiger partial charge in [-0.05, 0) is 36.8 Å². The lowest BCUT2D eigenvalue weighted by atomic mass is 9.78. The summed E-state index contributed by atoms with van der Waals surface area (Å²) in [5, 5.41) is 3.65. The molecular weight excluding hydrogens is 264 g/mol. The minimum absolute atomic E-state index is 0.241. The summed E-state index contributed by atoms with van der Waals surface area (Å²) in [7, 11) is 0. The Hall–Kier alpha value is -1.71. The zero-order chi connectivity index (χ0) is 15.2. The minimum Gasteiger partial charge on any atom is -0.491 e. The van der Waals surface area contributed by atoms with Gasteiger partial charge in [-0.25, -0.2) is 0 Å². The standard InChI is InChI=1S/C17H26N2O2/c1-12-6-5-7-13(2)17(12)19-14-8-3-4-9-15(14)21-11-10-16(18)20/h3-4,8-9,12-13,17,19H,5-7,10-11H2,1-2H3,(H2,18,20). The summed E-state index contributed by atoms with van der Waals surface area (Å²) in [6, 6.07) is 8.38. The first-order valence-electron chi connectivity index (χ1n) is 7.84. The summed E-state index contributed by atoms with van der Waals surface area (Å²) in [6.45, 7) is 4.94. The Kier molecular flexibility index (Phi) is 5.48. The van der Waals surface area contributed by atoms with Crippen molar-refractivity contribution in [3.05, 3.63) is 24.3 Å². The van der Waals surface area contributed by atoms with Crippen molar-refractivity contribution in [1.29, 1.82) is 0 Å². The van der Waals surface area contributed by atoms with Gasteiger partial charge in [0.1, 0.15) is 5.75 Å². The molecule has 0 radical (unpaired) electrons. The average molecular weight is 290 g/mol. The van der Waals surface area contributed by atoms with Crippen LogP contribution in [0, 0.1) is 11.8 Å². The number of carbonyl (C=O) groups excluding carboxylic acids is 1. The van der Waals surface area contributed by atoms with Crippen LogP contribution < -0.4 is 15.8 Å². The number of rotatable bonds is 6. The first-order chi connectivity index (χ1) is 10.1. The number of primary amides is 1. The molecule has 0 aromatic heterocycles. The van der Waals surface area contributed by atoms with Crippen molar-refractivity contribution < 1.29 is 9.53 Å². The highest BCUT2D eigenvalue weighted by molar-refractivity contribution is 5.73. The maximum atomic E-state index is 10.8. The van der Waals surface area contributed by atoms with Gasteiger partial charge in [0.15, 0.2) is 0 Å². The number of carbonyl (C=O) groups is 1. The maximum Gasteiger partial charge on any atom is 0.220 e. The molecule has 2 rings (SSSR count). The van der Waals surface area contributed by atoms with E-state index < -0.39 is 0 Å². The highest BCUT2D eigenvalue weighted by Gasteiger charge is 2.28. The Bertz CT molecular complexity index is 466. The molecule has 1 saturated carbocycles. The molecule has 1 fully saturated rings. The lowest BCUT2D eigenvalue weighted by Gasteiger charge is -2.36. The average Bonchev–Trinajstić information content (AvgIpc) is 2.44. The van der Waals surface area contributed by atoms with E-state index in [1.54, 1.807) is 0 Å². The maximum absolute atomic E-state index is 10.8. The van der Waals surface area contributed by atoms with Crippen molar-refractivity contribution in [2.24, 2.45) is 17.6 Å². The van der Waals surface area contributed by atoms with E-state index in [-0.39, 0.29) is 12.3 Å². The molecule has 0 aliphatic heterocycles. The number of hydrogen-bond acceptors (Lipinski definition) is 3. The molecule has 1 aliphatic rings. The van der Waals surface area contributed by atoms with Gasteiger partial charge >= 0.3 is 0 Å². The lowest BCUT2D eigenvalue weighted by Crippen LogP contribution is -2.37. The molecule has 2 unspecified atom stereocenters. The highest BCUT2D eigenvalue weighted by atomic mass is 16.5. The van der Waals surface area contributed by atoms with E-state index in [0.29, 0.717) is 24.5 Å². The fraction of sp³-hybridized carbons (Fsp3) is 0.588. The number of nitrogens with one attached hydrogen (secondary N) is 1. The predicted molar refractivity (Wildman–Crippen MR) is 85.3 cm³/mol. The Morgan fingerprint density at radius 2 is 1.95 bits per heavy atom. The summed E-state index contributed by atoms with van der Waals surface area (Å²) in [6.07, 6.45) is 4.10. The smallest absolute Gasteiger partial charge is 0.220 e. The molecule has 2 atom stereocenters. The van der Waals surface area contributed by atoms with Crippen LogP contribution >= 0.6 is 0 Å². The van der Waals surface area contributed by atoms with Gasteiger partial charge in [0, 0.05) is 6.04 Å². The van der Waals surface area contributed by atoms with Crippen LogP contribution in [0.25, 0.3) is 0 Å². The normalized spacial score (nSPS) is 25.3. The molecule has 116 valence electrons. The van der Waals surface area contributed by atoms with E-state index in [2.05, 4.69) is 19.2 Å². The number of ether oxygens (including phenoxy) is 1. The molecule has 0 bridgehead atoms. The molecule has 0 saturated heterocycles. The monoisotopic (exact) mass is 290 g/mol. The van der Waals surface area contributed by atoms with Crippen molar-refractivity contribution in [3.63, 3.8) is 0 Å². The molecule has 1 aromatic carbocycles. The Morgan fingerprint density at radius 3 is 2.62 bits per heavy atom. The van der Waals surface area contributed by atoms with Crippen molar-refractivity contribution >= 4 is 11.6 Å². The van der Waals surface area contributed by atoms with E-state index in [1.165, 1.54) is 19.3 Å². The molecule has 0 heterocycles. The summed E-state index contributed by atoms with van der Waals surface area (Å²) in [4.78, 5) is 10.8. The SMILES string of the molecule is CC1CCCC(C)C1Nc1ccccc1OCCC(N)=O. The topological polar surface area (TPSA) is 64.3 Å². The molecule has 3 N–H and O–H groups in total. The third kappa shape index (κ3) is 4.38. The number of benzene rings is 1. The second kappa shape index (κ2) is 7.34. The van der Waals surface area contributed by atoms with E-state index >= 15 is 0 Å². The fourth-order valence-electron chi connectivity index (χ4n) is 3.12. The van der Waals surface area contributed by atoms with Crippen LogP contribution in [-0.2, 0) is 4.79 Å². The van der Waals surface area contributed by atoms with Crippen LogP contribution in [0.3, 0.4) is 0 Å². The number of nitrogens with two attached hydrogens (primary N) is 1. The quantitative estimate of drug-likeness (QED) is 0.845. The van der Waals surface area contributed by atoms with E-state index in [4.69, 9.17) is 10.5 Å². The summed E-state index contributed by atoms with van der Waals surface area (Å²) < 4.78 is 5.70. The zero-order valence-electron chi connectivity index (χ0n) is 13.0. The molecule has 4 nitrogen and oxygen atoms in total. The van der Waals surface area contributed by atoms with E-state index in [0.717, 1.165) is 11.4 Å². The molecular formula is C17H26N2O2. The Balaban J connectivity index is 2.03. The van der Waals surface area contributed by atoms with Crippen molar-refractivity contribution in [2.45, 2.75) is 45.6 Å². The number of hydrogen-bond donors (Lipinski definition) is 2. The second-order valence-electron chi connectivity index (χ2n) is 6.12. The summed E-state index contributed by atoms with van der Waals surface area (Å²) >= 11 is 0. The van der Waals surface area contributed by atoms with Crippen LogP contribution in [0.4, 0.5) is 5.69 Å². The van der Waals surface area contributed by atoms with Crippen molar-refractivity contribution in [2.75, 3.05) is 11.9 Å². The van der Waals surface area contributed by atoms with Gasteiger partial charge in [0.05, 0.1) is 18.7 Å². The van der Waals surface area contributed by atoms with Crippen molar-refractivity contribution in [3.8, 4) is 5.75 Å². The van der Waals surface area contributed by atoms with Gasteiger partial charge < -0.3 is 15.8 Å². The third-order valence-electron chi connectivity index (χ3n) is 4.36. The van der Waals surface area contributed by atoms with Crippen LogP contribution in [0.15, 0.2) is 24.3 Å². The first-order valence-corrected chi connectivity index (χ1v) is 7.84. The second-order valence-corrected chi connectivity index (χ2v) is 6.12. The highest BCUT2D eigenvalue weighted by Crippen LogP contribution is 2.34. The Morgan fingerprint density at radius 1 is 1.29 bits per heavy atom. The largest absolute Gasteiger partial charge is 0.491 e. The molecule has 21 heavy (non-hydrogen) atoms. The molecule has 1 aromatic rings. The van der Waals surface area contributed by atoms with Gasteiger partial charge in [-0.1, -0.05) is 32.4 Å².